The van der Waals surface area contributed by atoms with Crippen LogP contribution in [-0.4, -0.2) is 44.6 Å². The lowest BCUT2D eigenvalue weighted by Gasteiger charge is -2.16. The molecule has 0 N–H and O–H groups in total. The molecule has 2 aromatic carbocycles. The SMILES string of the molecule is C/C(=N\OCC(=O)OCC(=O)N(C)c1ccccc1)c1ccc2c(c1)OCO2. The van der Waals surface area contributed by atoms with Gasteiger partial charge in [-0.2, -0.15) is 0 Å². The van der Waals surface area contributed by atoms with E-state index in [9.17, 15) is 9.59 Å². The molecule has 0 atom stereocenters. The van der Waals surface area contributed by atoms with E-state index in [-0.39, 0.29) is 19.3 Å². The van der Waals surface area contributed by atoms with Crippen LogP contribution in [0.3, 0.4) is 0 Å². The molecule has 0 bridgehead atoms. The molecular weight excluding hydrogens is 364 g/mol. The fourth-order valence-corrected chi connectivity index (χ4v) is 2.43. The van der Waals surface area contributed by atoms with Crippen LogP contribution in [0.15, 0.2) is 53.7 Å². The largest absolute Gasteiger partial charge is 0.454 e. The minimum absolute atomic E-state index is 0.190. The number of carbonyl (C=O) groups excluding carboxylic acids is 2. The Morgan fingerprint density at radius 2 is 1.82 bits per heavy atom. The van der Waals surface area contributed by atoms with E-state index in [1.807, 2.05) is 24.3 Å². The Labute approximate surface area is 162 Å². The number of hydrogen-bond donors (Lipinski definition) is 0. The third-order valence-electron chi connectivity index (χ3n) is 4.05. The molecular formula is C20H20N2O6. The van der Waals surface area contributed by atoms with E-state index in [0.717, 1.165) is 5.56 Å². The zero-order chi connectivity index (χ0) is 19.9. The van der Waals surface area contributed by atoms with Crippen molar-refractivity contribution in [3.63, 3.8) is 0 Å². The van der Waals surface area contributed by atoms with Gasteiger partial charge in [0.2, 0.25) is 13.4 Å². The van der Waals surface area contributed by atoms with Crippen LogP contribution in [0.2, 0.25) is 0 Å². The van der Waals surface area contributed by atoms with Crippen molar-refractivity contribution in [2.24, 2.45) is 5.16 Å². The number of anilines is 1. The van der Waals surface area contributed by atoms with Crippen LogP contribution in [0.1, 0.15) is 12.5 Å². The number of carbonyl (C=O) groups is 2. The topological polar surface area (TPSA) is 86.7 Å². The Morgan fingerprint density at radius 3 is 2.61 bits per heavy atom. The first-order chi connectivity index (χ1) is 13.5. The lowest BCUT2D eigenvalue weighted by molar-refractivity contribution is -0.152. The molecule has 0 saturated carbocycles. The minimum atomic E-state index is -0.683. The van der Waals surface area contributed by atoms with Crippen LogP contribution in [0.25, 0.3) is 0 Å². The maximum atomic E-state index is 12.1. The van der Waals surface area contributed by atoms with Crippen molar-refractivity contribution in [3.05, 3.63) is 54.1 Å². The first-order valence-electron chi connectivity index (χ1n) is 8.58. The third-order valence-corrected chi connectivity index (χ3v) is 4.05. The fourth-order valence-electron chi connectivity index (χ4n) is 2.43. The molecule has 0 spiro atoms. The second-order valence-electron chi connectivity index (χ2n) is 5.97. The predicted molar refractivity (Wildman–Crippen MR) is 102 cm³/mol. The van der Waals surface area contributed by atoms with Crippen molar-refractivity contribution in [3.8, 4) is 11.5 Å². The van der Waals surface area contributed by atoms with Crippen LogP contribution in [0, 0.1) is 0 Å². The molecule has 28 heavy (non-hydrogen) atoms. The highest BCUT2D eigenvalue weighted by molar-refractivity contribution is 5.99. The number of rotatable bonds is 7. The molecule has 8 nitrogen and oxygen atoms in total. The molecule has 0 radical (unpaired) electrons. The second kappa shape index (κ2) is 8.90. The predicted octanol–water partition coefficient (Wildman–Crippen LogP) is 2.36. The number of hydrogen-bond acceptors (Lipinski definition) is 7. The Kier molecular flexibility index (Phi) is 6.11. The summed E-state index contributed by atoms with van der Waals surface area (Å²) in [5.41, 5.74) is 2.05. The standard InChI is InChI=1S/C20H20N2O6/c1-14(15-8-9-17-18(10-15)27-13-26-17)21-28-12-20(24)25-11-19(23)22(2)16-6-4-3-5-7-16/h3-10H,11-13H2,1-2H3/b21-14+. The summed E-state index contributed by atoms with van der Waals surface area (Å²) in [6, 6.07) is 14.4. The molecule has 0 saturated heterocycles. The number of ether oxygens (including phenoxy) is 3. The van der Waals surface area contributed by atoms with Crippen LogP contribution in [0.4, 0.5) is 5.69 Å². The molecule has 1 aliphatic heterocycles. The van der Waals surface area contributed by atoms with Crippen LogP contribution >= 0.6 is 0 Å². The maximum absolute atomic E-state index is 12.1. The first kappa shape index (κ1) is 19.2. The number of nitrogens with zero attached hydrogens (tertiary/aromatic N) is 2. The lowest BCUT2D eigenvalue weighted by atomic mass is 10.1. The summed E-state index contributed by atoms with van der Waals surface area (Å²) in [5, 5.41) is 3.89. The van der Waals surface area contributed by atoms with Crippen LogP contribution in [0.5, 0.6) is 11.5 Å². The second-order valence-corrected chi connectivity index (χ2v) is 5.97. The zero-order valence-electron chi connectivity index (χ0n) is 15.6. The molecule has 0 unspecified atom stereocenters. The van der Waals surface area contributed by atoms with E-state index < -0.39 is 12.6 Å². The summed E-state index contributed by atoms with van der Waals surface area (Å²) in [4.78, 5) is 30.3. The third kappa shape index (κ3) is 4.79. The van der Waals surface area contributed by atoms with E-state index in [1.54, 1.807) is 38.2 Å². The number of oxime groups is 1. The van der Waals surface area contributed by atoms with Crippen molar-refractivity contribution in [2.75, 3.05) is 32.0 Å². The van der Waals surface area contributed by atoms with Gasteiger partial charge in [-0.15, -0.1) is 0 Å². The summed E-state index contributed by atoms with van der Waals surface area (Å²) in [7, 11) is 1.61. The van der Waals surface area contributed by atoms with Gasteiger partial charge < -0.3 is 23.9 Å². The van der Waals surface area contributed by atoms with E-state index in [1.165, 1.54) is 4.90 Å². The van der Waals surface area contributed by atoms with Gasteiger partial charge in [-0.3, -0.25) is 4.79 Å². The van der Waals surface area contributed by atoms with Gasteiger partial charge in [0.25, 0.3) is 5.91 Å². The molecule has 3 rings (SSSR count). The number of para-hydroxylation sites is 1. The van der Waals surface area contributed by atoms with Gasteiger partial charge in [-0.1, -0.05) is 23.4 Å². The fraction of sp³-hybridized carbons (Fsp3) is 0.250. The molecule has 0 fully saturated rings. The highest BCUT2D eigenvalue weighted by Crippen LogP contribution is 2.32. The molecule has 2 aromatic rings. The van der Waals surface area contributed by atoms with Crippen molar-refractivity contribution in [1.82, 2.24) is 0 Å². The van der Waals surface area contributed by atoms with E-state index in [2.05, 4.69) is 5.16 Å². The van der Waals surface area contributed by atoms with E-state index >= 15 is 0 Å². The first-order valence-corrected chi connectivity index (χ1v) is 8.58. The van der Waals surface area contributed by atoms with E-state index in [0.29, 0.717) is 22.9 Å². The maximum Gasteiger partial charge on any atom is 0.347 e. The summed E-state index contributed by atoms with van der Waals surface area (Å²) < 4.78 is 15.5. The van der Waals surface area contributed by atoms with Gasteiger partial charge in [0.05, 0.1) is 5.71 Å². The van der Waals surface area contributed by atoms with Crippen molar-refractivity contribution < 1.29 is 28.6 Å². The number of amides is 1. The monoisotopic (exact) mass is 384 g/mol. The minimum Gasteiger partial charge on any atom is -0.454 e. The zero-order valence-corrected chi connectivity index (χ0v) is 15.6. The Balaban J connectivity index is 1.44. The number of fused-ring (bicyclic) bond motifs is 1. The molecule has 8 heteroatoms. The lowest BCUT2D eigenvalue weighted by Crippen LogP contribution is -2.31. The van der Waals surface area contributed by atoms with Crippen molar-refractivity contribution in [2.45, 2.75) is 6.92 Å². The normalized spacial score (nSPS) is 12.4. The van der Waals surface area contributed by atoms with Gasteiger partial charge >= 0.3 is 5.97 Å². The van der Waals surface area contributed by atoms with Gasteiger partial charge in [0, 0.05) is 18.3 Å². The van der Waals surface area contributed by atoms with Crippen molar-refractivity contribution >= 4 is 23.3 Å². The average molecular weight is 384 g/mol. The average Bonchev–Trinajstić information content (AvgIpc) is 3.19. The molecule has 0 aromatic heterocycles. The van der Waals surface area contributed by atoms with Gasteiger partial charge in [-0.25, -0.2) is 4.79 Å². The number of benzene rings is 2. The Bertz CT molecular complexity index is 882. The highest BCUT2D eigenvalue weighted by Gasteiger charge is 2.15. The molecule has 146 valence electrons. The summed E-state index contributed by atoms with van der Waals surface area (Å²) in [6.07, 6.45) is 0. The molecule has 1 heterocycles. The van der Waals surface area contributed by atoms with E-state index in [4.69, 9.17) is 19.0 Å². The van der Waals surface area contributed by atoms with Crippen LogP contribution < -0.4 is 14.4 Å². The summed E-state index contributed by atoms with van der Waals surface area (Å²) in [6.45, 7) is 1.15. The quantitative estimate of drug-likeness (QED) is 0.414. The smallest absolute Gasteiger partial charge is 0.347 e. The number of esters is 1. The number of likely N-dealkylation sites (N-methyl/N-ethyl adjacent to an activating group) is 1. The van der Waals surface area contributed by atoms with Gasteiger partial charge in [-0.05, 0) is 37.3 Å². The van der Waals surface area contributed by atoms with Gasteiger partial charge in [0.1, 0.15) is 0 Å². The summed E-state index contributed by atoms with van der Waals surface area (Å²) >= 11 is 0. The van der Waals surface area contributed by atoms with Crippen molar-refractivity contribution in [1.29, 1.82) is 0 Å². The summed E-state index contributed by atoms with van der Waals surface area (Å²) in [5.74, 6) is 0.273. The Hall–Kier alpha value is -3.55. The highest BCUT2D eigenvalue weighted by atomic mass is 16.7. The molecule has 1 amide bonds. The van der Waals surface area contributed by atoms with Crippen LogP contribution in [-0.2, 0) is 19.2 Å². The molecule has 1 aliphatic rings. The Morgan fingerprint density at radius 1 is 1.07 bits per heavy atom. The molecule has 0 aliphatic carbocycles. The van der Waals surface area contributed by atoms with Gasteiger partial charge in [0.15, 0.2) is 18.1 Å².